The number of nitrogens with zero attached hydrogens (tertiary/aromatic N) is 2. The highest BCUT2D eigenvalue weighted by Gasteiger charge is 2.44. The fourth-order valence-corrected chi connectivity index (χ4v) is 6.76. The fraction of sp³-hybridized carbons (Fsp3) is 0.342. The van der Waals surface area contributed by atoms with Gasteiger partial charge in [0.05, 0.1) is 24.8 Å². The number of carbonyl (C=O) groups excluding carboxylic acids is 2. The molecule has 0 radical (unpaired) electrons. The minimum Gasteiger partial charge on any atom is -0.465 e. The Balaban J connectivity index is 1.64. The maximum absolute atomic E-state index is 14.8. The Kier molecular flexibility index (Phi) is 9.84. The second kappa shape index (κ2) is 13.8. The lowest BCUT2D eigenvalue weighted by molar-refractivity contribution is 0.00497. The van der Waals surface area contributed by atoms with Crippen LogP contribution in [0.2, 0.25) is 0 Å². The molecule has 1 aliphatic rings. The second-order valence-electron chi connectivity index (χ2n) is 13.0. The van der Waals surface area contributed by atoms with Crippen molar-refractivity contribution in [1.82, 2.24) is 9.80 Å². The molecular weight excluding hydrogens is 599 g/mol. The van der Waals surface area contributed by atoms with Crippen molar-refractivity contribution >= 4 is 28.9 Å². The van der Waals surface area contributed by atoms with Gasteiger partial charge in [0.2, 0.25) is 0 Å². The van der Waals surface area contributed by atoms with E-state index in [-0.39, 0.29) is 24.6 Å². The Morgan fingerprint density at radius 3 is 2.34 bits per heavy atom. The number of carbonyl (C=O) groups is 3. The number of ether oxygens (including phenoxy) is 2. The van der Waals surface area contributed by atoms with Gasteiger partial charge in [-0.25, -0.2) is 18.8 Å². The van der Waals surface area contributed by atoms with Gasteiger partial charge in [0.1, 0.15) is 11.4 Å². The number of hydrogen-bond acceptors (Lipinski definition) is 5. The molecule has 4 aromatic rings. The number of likely N-dealkylation sites (tertiary alicyclic amines) is 1. The summed E-state index contributed by atoms with van der Waals surface area (Å²) in [5.41, 5.74) is 1.62. The van der Waals surface area contributed by atoms with E-state index in [1.54, 1.807) is 41.3 Å². The number of methoxy groups -OCH3 is 1. The van der Waals surface area contributed by atoms with E-state index in [1.807, 2.05) is 70.2 Å². The van der Waals surface area contributed by atoms with Crippen LogP contribution in [0.1, 0.15) is 79.2 Å². The number of amides is 2. The number of benzene rings is 4. The Bertz CT molecular complexity index is 1760. The number of halogens is 1. The predicted octanol–water partition coefficient (Wildman–Crippen LogP) is 8.59. The van der Waals surface area contributed by atoms with Crippen molar-refractivity contribution in [3.63, 3.8) is 0 Å². The molecule has 0 aromatic heterocycles. The van der Waals surface area contributed by atoms with Gasteiger partial charge in [-0.1, -0.05) is 66.7 Å². The molecule has 0 bridgehead atoms. The SMILES string of the molecule is COC(=O)c1cccc(C2C(c3cccc(F)c3)C(CN(C(=O)OC(C)(C)C)[C@H](C)c3cccc4ccccc34)CCN2C(=O)O)c1. The average Bonchev–Trinajstić information content (AvgIpc) is 3.05. The minimum absolute atomic E-state index is 0.170. The highest BCUT2D eigenvalue weighted by Crippen LogP contribution is 2.47. The number of rotatable bonds is 7. The number of carboxylic acid groups (broad SMARTS) is 1. The Hall–Kier alpha value is -4.92. The third-order valence-electron chi connectivity index (χ3n) is 8.85. The van der Waals surface area contributed by atoms with Crippen LogP contribution in [-0.2, 0) is 9.47 Å². The summed E-state index contributed by atoms with van der Waals surface area (Å²) in [4.78, 5) is 42.3. The summed E-state index contributed by atoms with van der Waals surface area (Å²) in [7, 11) is 1.28. The van der Waals surface area contributed by atoms with Gasteiger partial charge < -0.3 is 24.4 Å². The van der Waals surface area contributed by atoms with Gasteiger partial charge in [-0.05, 0) is 91.8 Å². The van der Waals surface area contributed by atoms with E-state index in [0.29, 0.717) is 17.5 Å². The lowest BCUT2D eigenvalue weighted by Gasteiger charge is -2.47. The molecule has 47 heavy (non-hydrogen) atoms. The van der Waals surface area contributed by atoms with Gasteiger partial charge in [-0.2, -0.15) is 0 Å². The molecule has 0 aliphatic carbocycles. The third-order valence-corrected chi connectivity index (χ3v) is 8.85. The van der Waals surface area contributed by atoms with E-state index in [0.717, 1.165) is 16.3 Å². The molecule has 2 amide bonds. The first-order valence-corrected chi connectivity index (χ1v) is 15.8. The molecule has 1 aliphatic heterocycles. The van der Waals surface area contributed by atoms with Crippen molar-refractivity contribution in [2.45, 2.75) is 57.7 Å². The van der Waals surface area contributed by atoms with Crippen LogP contribution < -0.4 is 0 Å². The van der Waals surface area contributed by atoms with Gasteiger partial charge in [-0.15, -0.1) is 0 Å². The van der Waals surface area contributed by atoms with Crippen molar-refractivity contribution < 1.29 is 33.4 Å². The standard InChI is InChI=1S/C38H41FN2O6/c1-24(31-18-10-12-25-11-6-7-17-32(25)31)41(37(45)47-38(2,3)4)23-29-19-20-40(36(43)44)34(33(29)26-13-9-16-30(39)22-26)27-14-8-15-28(21-27)35(42)46-5/h6-18,21-22,24,29,33-34H,19-20,23H2,1-5H3,(H,43,44)/t24-,29?,33?,34?/m1/s1. The van der Waals surface area contributed by atoms with Crippen LogP contribution in [0.25, 0.3) is 10.8 Å². The van der Waals surface area contributed by atoms with Gasteiger partial charge in [0.25, 0.3) is 0 Å². The van der Waals surface area contributed by atoms with Crippen molar-refractivity contribution in [1.29, 1.82) is 0 Å². The lowest BCUT2D eigenvalue weighted by Crippen LogP contribution is -2.49. The second-order valence-corrected chi connectivity index (χ2v) is 13.0. The first kappa shape index (κ1) is 33.4. The van der Waals surface area contributed by atoms with Crippen LogP contribution in [0, 0.1) is 11.7 Å². The summed E-state index contributed by atoms with van der Waals surface area (Å²) in [5, 5.41) is 12.5. The zero-order valence-corrected chi connectivity index (χ0v) is 27.4. The molecule has 3 unspecified atom stereocenters. The molecule has 1 heterocycles. The average molecular weight is 641 g/mol. The largest absolute Gasteiger partial charge is 0.465 e. The molecular formula is C38H41FN2O6. The molecule has 4 aromatic carbocycles. The highest BCUT2D eigenvalue weighted by molar-refractivity contribution is 5.89. The molecule has 1 saturated heterocycles. The van der Waals surface area contributed by atoms with E-state index in [4.69, 9.17) is 9.47 Å². The maximum atomic E-state index is 14.8. The Labute approximate surface area is 274 Å². The summed E-state index contributed by atoms with van der Waals surface area (Å²) in [6, 6.07) is 25.6. The minimum atomic E-state index is -1.13. The first-order chi connectivity index (χ1) is 22.4. The molecule has 0 spiro atoms. The lowest BCUT2D eigenvalue weighted by atomic mass is 9.72. The zero-order valence-electron chi connectivity index (χ0n) is 27.4. The zero-order chi connectivity index (χ0) is 33.9. The van der Waals surface area contributed by atoms with E-state index in [2.05, 4.69) is 0 Å². The number of fused-ring (bicyclic) bond motifs is 1. The van der Waals surface area contributed by atoms with Crippen LogP contribution in [0.15, 0.2) is 91.0 Å². The predicted molar refractivity (Wildman–Crippen MR) is 178 cm³/mol. The molecule has 8 nitrogen and oxygen atoms in total. The summed E-state index contributed by atoms with van der Waals surface area (Å²) in [5.74, 6) is -1.90. The normalized spacial score (nSPS) is 18.8. The molecule has 1 N–H and O–H groups in total. The van der Waals surface area contributed by atoms with Crippen LogP contribution in [0.5, 0.6) is 0 Å². The van der Waals surface area contributed by atoms with E-state index < -0.39 is 47.6 Å². The first-order valence-electron chi connectivity index (χ1n) is 15.8. The molecule has 9 heteroatoms. The molecule has 246 valence electrons. The molecule has 1 fully saturated rings. The van der Waals surface area contributed by atoms with Crippen LogP contribution in [0.3, 0.4) is 0 Å². The van der Waals surface area contributed by atoms with Crippen molar-refractivity contribution in [2.24, 2.45) is 5.92 Å². The van der Waals surface area contributed by atoms with E-state index >= 15 is 0 Å². The molecule has 4 atom stereocenters. The summed E-state index contributed by atoms with van der Waals surface area (Å²) < 4.78 is 25.7. The summed E-state index contributed by atoms with van der Waals surface area (Å²) >= 11 is 0. The molecule has 5 rings (SSSR count). The maximum Gasteiger partial charge on any atom is 0.410 e. The number of esters is 1. The van der Waals surface area contributed by atoms with E-state index in [1.165, 1.54) is 24.1 Å². The van der Waals surface area contributed by atoms with Gasteiger partial charge >= 0.3 is 18.2 Å². The van der Waals surface area contributed by atoms with E-state index in [9.17, 15) is 23.9 Å². The van der Waals surface area contributed by atoms with Gasteiger partial charge in [0.15, 0.2) is 0 Å². The van der Waals surface area contributed by atoms with Gasteiger partial charge in [-0.3, -0.25) is 0 Å². The monoisotopic (exact) mass is 640 g/mol. The third kappa shape index (κ3) is 7.40. The van der Waals surface area contributed by atoms with Crippen LogP contribution in [0.4, 0.5) is 14.0 Å². The number of piperidine rings is 1. The van der Waals surface area contributed by atoms with Crippen LogP contribution >= 0.6 is 0 Å². The summed E-state index contributed by atoms with van der Waals surface area (Å²) in [6.07, 6.45) is -1.23. The topological polar surface area (TPSA) is 96.4 Å². The smallest absolute Gasteiger partial charge is 0.410 e. The number of hydrogen-bond donors (Lipinski definition) is 1. The van der Waals surface area contributed by atoms with Crippen molar-refractivity contribution in [2.75, 3.05) is 20.2 Å². The molecule has 0 saturated carbocycles. The highest BCUT2D eigenvalue weighted by atomic mass is 19.1. The van der Waals surface area contributed by atoms with Crippen LogP contribution in [-0.4, -0.2) is 58.9 Å². The fourth-order valence-electron chi connectivity index (χ4n) is 6.76. The summed E-state index contributed by atoms with van der Waals surface area (Å²) in [6.45, 7) is 7.79. The van der Waals surface area contributed by atoms with Crippen molar-refractivity contribution in [3.8, 4) is 0 Å². The van der Waals surface area contributed by atoms with Crippen molar-refractivity contribution in [3.05, 3.63) is 119 Å². The van der Waals surface area contributed by atoms with Gasteiger partial charge in [0, 0.05) is 19.0 Å². The Morgan fingerprint density at radius 2 is 1.64 bits per heavy atom. The quantitative estimate of drug-likeness (QED) is 0.203. The Morgan fingerprint density at radius 1 is 0.957 bits per heavy atom.